The van der Waals surface area contributed by atoms with Crippen LogP contribution < -0.4 is 15.4 Å². The molecule has 0 radical (unpaired) electrons. The average Bonchev–Trinajstić information content (AvgIpc) is 2.64. The number of ether oxygens (including phenoxy) is 1. The van der Waals surface area contributed by atoms with Gasteiger partial charge in [0.15, 0.2) is 0 Å². The van der Waals surface area contributed by atoms with E-state index in [1.54, 1.807) is 25.3 Å². The second-order valence-corrected chi connectivity index (χ2v) is 5.19. The van der Waals surface area contributed by atoms with Crippen LogP contribution >= 0.6 is 0 Å². The van der Waals surface area contributed by atoms with Crippen molar-refractivity contribution >= 4 is 11.6 Å². The van der Waals surface area contributed by atoms with Crippen molar-refractivity contribution in [3.63, 3.8) is 0 Å². The normalized spacial score (nSPS) is 10.6. The van der Waals surface area contributed by atoms with Crippen molar-refractivity contribution in [1.29, 1.82) is 5.26 Å². The van der Waals surface area contributed by atoms with Gasteiger partial charge in [0.1, 0.15) is 23.1 Å². The van der Waals surface area contributed by atoms with Crippen LogP contribution in [0.25, 0.3) is 0 Å². The predicted molar refractivity (Wildman–Crippen MR) is 95.1 cm³/mol. The first-order valence-electron chi connectivity index (χ1n) is 7.70. The van der Waals surface area contributed by atoms with E-state index in [2.05, 4.69) is 10.6 Å². The number of carbonyl (C=O) groups is 1. The Labute approximate surface area is 146 Å². The van der Waals surface area contributed by atoms with Crippen LogP contribution in [-0.2, 0) is 11.2 Å². The monoisotopic (exact) mass is 337 g/mol. The molecule has 2 aromatic rings. The number of hydrogen-bond acceptors (Lipinski definition) is 5. The Morgan fingerprint density at radius 1 is 1.24 bits per heavy atom. The van der Waals surface area contributed by atoms with Crippen LogP contribution in [0.1, 0.15) is 5.56 Å². The SMILES string of the molecule is COc1ccc(CCN/C=C(/C#N)C(=O)Nc2ccccc2O)cc1. The summed E-state index contributed by atoms with van der Waals surface area (Å²) in [6.45, 7) is 0.571. The molecular weight excluding hydrogens is 318 g/mol. The highest BCUT2D eigenvalue weighted by Crippen LogP contribution is 2.21. The number of carbonyl (C=O) groups excluding carboxylic acids is 1. The molecular formula is C19H19N3O3. The third-order valence-electron chi connectivity index (χ3n) is 3.48. The number of methoxy groups -OCH3 is 1. The third kappa shape index (κ3) is 5.29. The second kappa shape index (κ2) is 8.99. The lowest BCUT2D eigenvalue weighted by atomic mass is 10.1. The van der Waals surface area contributed by atoms with E-state index >= 15 is 0 Å². The number of benzene rings is 2. The summed E-state index contributed by atoms with van der Waals surface area (Å²) in [6, 6.07) is 15.9. The Morgan fingerprint density at radius 2 is 1.96 bits per heavy atom. The van der Waals surface area contributed by atoms with E-state index in [-0.39, 0.29) is 17.0 Å². The van der Waals surface area contributed by atoms with Crippen LogP contribution in [0.3, 0.4) is 0 Å². The average molecular weight is 337 g/mol. The van der Waals surface area contributed by atoms with E-state index in [0.29, 0.717) is 6.54 Å². The first-order chi connectivity index (χ1) is 12.1. The van der Waals surface area contributed by atoms with Crippen LogP contribution in [0.5, 0.6) is 11.5 Å². The number of nitrogens with one attached hydrogen (secondary N) is 2. The quantitative estimate of drug-likeness (QED) is 0.312. The number of nitrogens with zero attached hydrogens (tertiary/aromatic N) is 1. The molecule has 1 amide bonds. The van der Waals surface area contributed by atoms with E-state index in [1.807, 2.05) is 30.3 Å². The van der Waals surface area contributed by atoms with Crippen molar-refractivity contribution < 1.29 is 14.6 Å². The van der Waals surface area contributed by atoms with Crippen molar-refractivity contribution in [3.8, 4) is 17.6 Å². The zero-order valence-corrected chi connectivity index (χ0v) is 13.8. The third-order valence-corrected chi connectivity index (χ3v) is 3.48. The van der Waals surface area contributed by atoms with E-state index in [1.165, 1.54) is 12.3 Å². The van der Waals surface area contributed by atoms with Crippen molar-refractivity contribution in [1.82, 2.24) is 5.32 Å². The first kappa shape index (κ1) is 17.9. The lowest BCUT2D eigenvalue weighted by Crippen LogP contribution is -2.18. The van der Waals surface area contributed by atoms with Gasteiger partial charge in [-0.15, -0.1) is 0 Å². The maximum Gasteiger partial charge on any atom is 0.267 e. The molecule has 0 atom stereocenters. The highest BCUT2D eigenvalue weighted by molar-refractivity contribution is 6.07. The summed E-state index contributed by atoms with van der Waals surface area (Å²) in [6.07, 6.45) is 2.11. The molecule has 0 saturated carbocycles. The van der Waals surface area contributed by atoms with Crippen molar-refractivity contribution in [2.75, 3.05) is 19.0 Å². The fourth-order valence-electron chi connectivity index (χ4n) is 2.10. The summed E-state index contributed by atoms with van der Waals surface area (Å²) in [5.41, 5.74) is 1.30. The van der Waals surface area contributed by atoms with Gasteiger partial charge in [0.25, 0.3) is 5.91 Å². The van der Waals surface area contributed by atoms with E-state index in [0.717, 1.165) is 17.7 Å². The standard InChI is InChI=1S/C19H19N3O3/c1-25-16-8-6-14(7-9-16)10-11-21-13-15(12-20)19(24)22-17-4-2-3-5-18(17)23/h2-9,13,21,23H,10-11H2,1H3,(H,22,24)/b15-13-. The molecule has 6 heteroatoms. The molecule has 2 aromatic carbocycles. The van der Waals surface area contributed by atoms with Crippen LogP contribution in [0.4, 0.5) is 5.69 Å². The lowest BCUT2D eigenvalue weighted by molar-refractivity contribution is -0.112. The number of phenols is 1. The molecule has 0 aromatic heterocycles. The second-order valence-electron chi connectivity index (χ2n) is 5.19. The fourth-order valence-corrected chi connectivity index (χ4v) is 2.10. The molecule has 0 heterocycles. The largest absolute Gasteiger partial charge is 0.506 e. The number of hydrogen-bond donors (Lipinski definition) is 3. The van der Waals surface area contributed by atoms with Crippen molar-refractivity contribution in [3.05, 3.63) is 65.9 Å². The highest BCUT2D eigenvalue weighted by Gasteiger charge is 2.10. The summed E-state index contributed by atoms with van der Waals surface area (Å²) in [5.74, 6) is 0.158. The van der Waals surface area contributed by atoms with Gasteiger partial charge < -0.3 is 20.5 Å². The molecule has 25 heavy (non-hydrogen) atoms. The van der Waals surface area contributed by atoms with Gasteiger partial charge in [-0.05, 0) is 36.2 Å². The van der Waals surface area contributed by atoms with Gasteiger partial charge in [0.2, 0.25) is 0 Å². The molecule has 0 aliphatic carbocycles. The Hall–Kier alpha value is -3.46. The van der Waals surface area contributed by atoms with Gasteiger partial charge in [-0.2, -0.15) is 5.26 Å². The maximum atomic E-state index is 12.1. The molecule has 0 fully saturated rings. The van der Waals surface area contributed by atoms with E-state index < -0.39 is 5.91 Å². The smallest absolute Gasteiger partial charge is 0.267 e. The summed E-state index contributed by atoms with van der Waals surface area (Å²) < 4.78 is 5.10. The van der Waals surface area contributed by atoms with E-state index in [4.69, 9.17) is 10.00 Å². The zero-order valence-electron chi connectivity index (χ0n) is 13.8. The van der Waals surface area contributed by atoms with Gasteiger partial charge in [-0.3, -0.25) is 4.79 Å². The number of nitriles is 1. The van der Waals surface area contributed by atoms with Gasteiger partial charge in [-0.1, -0.05) is 24.3 Å². The number of para-hydroxylation sites is 2. The number of rotatable bonds is 7. The van der Waals surface area contributed by atoms with Crippen LogP contribution in [0, 0.1) is 11.3 Å². The molecule has 0 saturated heterocycles. The minimum Gasteiger partial charge on any atom is -0.506 e. The van der Waals surface area contributed by atoms with Gasteiger partial charge in [-0.25, -0.2) is 0 Å². The number of amides is 1. The van der Waals surface area contributed by atoms with Gasteiger partial charge >= 0.3 is 0 Å². The van der Waals surface area contributed by atoms with Crippen molar-refractivity contribution in [2.45, 2.75) is 6.42 Å². The summed E-state index contributed by atoms with van der Waals surface area (Å²) >= 11 is 0. The molecule has 3 N–H and O–H groups in total. The summed E-state index contributed by atoms with van der Waals surface area (Å²) in [7, 11) is 1.62. The van der Waals surface area contributed by atoms with E-state index in [9.17, 15) is 9.90 Å². The molecule has 6 nitrogen and oxygen atoms in total. The lowest BCUT2D eigenvalue weighted by Gasteiger charge is -2.07. The minimum atomic E-state index is -0.582. The maximum absolute atomic E-state index is 12.1. The summed E-state index contributed by atoms with van der Waals surface area (Å²) in [4.78, 5) is 12.1. The molecule has 0 unspecified atom stereocenters. The number of phenolic OH excluding ortho intramolecular Hbond substituents is 1. The number of aromatic hydroxyl groups is 1. The number of anilines is 1. The first-order valence-corrected chi connectivity index (χ1v) is 7.70. The fraction of sp³-hybridized carbons (Fsp3) is 0.158. The Bertz CT molecular complexity index is 792. The minimum absolute atomic E-state index is 0.0550. The topological polar surface area (TPSA) is 94.4 Å². The Balaban J connectivity index is 1.88. The molecule has 0 bridgehead atoms. The Morgan fingerprint density at radius 3 is 2.60 bits per heavy atom. The van der Waals surface area contributed by atoms with Crippen LogP contribution in [-0.4, -0.2) is 24.7 Å². The van der Waals surface area contributed by atoms with Gasteiger partial charge in [0, 0.05) is 12.7 Å². The van der Waals surface area contributed by atoms with Crippen LogP contribution in [0.15, 0.2) is 60.3 Å². The molecule has 0 spiro atoms. The summed E-state index contributed by atoms with van der Waals surface area (Å²) in [5, 5.41) is 24.2. The molecule has 0 aliphatic heterocycles. The zero-order chi connectivity index (χ0) is 18.1. The molecule has 128 valence electrons. The predicted octanol–water partition coefficient (Wildman–Crippen LogP) is 2.58. The highest BCUT2D eigenvalue weighted by atomic mass is 16.5. The van der Waals surface area contributed by atoms with Crippen molar-refractivity contribution in [2.24, 2.45) is 0 Å². The molecule has 0 aliphatic rings. The Kier molecular flexibility index (Phi) is 6.43. The van der Waals surface area contributed by atoms with Crippen LogP contribution in [0.2, 0.25) is 0 Å². The van der Waals surface area contributed by atoms with Gasteiger partial charge in [0.05, 0.1) is 12.8 Å². The molecule has 2 rings (SSSR count).